The molecule has 1 aromatic rings. The molecule has 106 valence electrons. The summed E-state index contributed by atoms with van der Waals surface area (Å²) in [6.07, 6.45) is 2.17. The van der Waals surface area contributed by atoms with Gasteiger partial charge in [0.2, 0.25) is 0 Å². The van der Waals surface area contributed by atoms with Crippen LogP contribution < -0.4 is 15.4 Å². The SMILES string of the molecule is CCC1NCCc2cc(CNCCO)c(OC)cc21. The van der Waals surface area contributed by atoms with Gasteiger partial charge in [-0.3, -0.25) is 0 Å². The number of fused-ring (bicyclic) bond motifs is 1. The van der Waals surface area contributed by atoms with Gasteiger partial charge in [0.05, 0.1) is 13.7 Å². The Bertz CT molecular complexity index is 421. The maximum Gasteiger partial charge on any atom is 0.123 e. The number of aliphatic hydroxyl groups is 1. The Morgan fingerprint density at radius 2 is 2.32 bits per heavy atom. The maximum atomic E-state index is 8.83. The molecule has 19 heavy (non-hydrogen) atoms. The van der Waals surface area contributed by atoms with Crippen molar-refractivity contribution in [3.8, 4) is 5.75 Å². The first-order valence-corrected chi connectivity index (χ1v) is 7.04. The van der Waals surface area contributed by atoms with Gasteiger partial charge in [-0.25, -0.2) is 0 Å². The van der Waals surface area contributed by atoms with Crippen molar-refractivity contribution in [3.05, 3.63) is 28.8 Å². The Morgan fingerprint density at radius 1 is 1.47 bits per heavy atom. The quantitative estimate of drug-likeness (QED) is 0.679. The number of methoxy groups -OCH3 is 1. The van der Waals surface area contributed by atoms with Crippen molar-refractivity contribution in [2.24, 2.45) is 0 Å². The first kappa shape index (κ1) is 14.3. The van der Waals surface area contributed by atoms with Gasteiger partial charge in [0.25, 0.3) is 0 Å². The molecule has 0 aromatic heterocycles. The van der Waals surface area contributed by atoms with Gasteiger partial charge in [-0.2, -0.15) is 0 Å². The van der Waals surface area contributed by atoms with Crippen molar-refractivity contribution in [1.29, 1.82) is 0 Å². The summed E-state index contributed by atoms with van der Waals surface area (Å²) in [5, 5.41) is 15.6. The summed E-state index contributed by atoms with van der Waals surface area (Å²) in [5.41, 5.74) is 3.97. The highest BCUT2D eigenvalue weighted by Crippen LogP contribution is 2.31. The van der Waals surface area contributed by atoms with Gasteiger partial charge >= 0.3 is 0 Å². The van der Waals surface area contributed by atoms with Crippen LogP contribution in [-0.4, -0.2) is 31.9 Å². The Balaban J connectivity index is 2.25. The smallest absolute Gasteiger partial charge is 0.123 e. The van der Waals surface area contributed by atoms with E-state index in [1.807, 2.05) is 0 Å². The molecule has 1 aliphatic heterocycles. The van der Waals surface area contributed by atoms with Crippen molar-refractivity contribution in [2.45, 2.75) is 32.4 Å². The zero-order chi connectivity index (χ0) is 13.7. The van der Waals surface area contributed by atoms with E-state index in [1.165, 1.54) is 16.7 Å². The van der Waals surface area contributed by atoms with Crippen LogP contribution in [0, 0.1) is 0 Å². The third-order valence-corrected chi connectivity index (χ3v) is 3.72. The first-order valence-electron chi connectivity index (χ1n) is 7.04. The van der Waals surface area contributed by atoms with Crippen molar-refractivity contribution in [3.63, 3.8) is 0 Å². The summed E-state index contributed by atoms with van der Waals surface area (Å²) >= 11 is 0. The van der Waals surface area contributed by atoms with Crippen LogP contribution in [-0.2, 0) is 13.0 Å². The number of hydrogen-bond acceptors (Lipinski definition) is 4. The maximum absolute atomic E-state index is 8.83. The Morgan fingerprint density at radius 3 is 3.00 bits per heavy atom. The lowest BCUT2D eigenvalue weighted by atomic mass is 9.90. The molecule has 1 atom stereocenters. The predicted octanol–water partition coefficient (Wildman–Crippen LogP) is 1.37. The monoisotopic (exact) mass is 264 g/mol. The second-order valence-corrected chi connectivity index (χ2v) is 4.93. The largest absolute Gasteiger partial charge is 0.496 e. The van der Waals surface area contributed by atoms with Gasteiger partial charge in [0.1, 0.15) is 5.75 Å². The number of nitrogens with one attached hydrogen (secondary N) is 2. The van der Waals surface area contributed by atoms with Crippen LogP contribution in [0.1, 0.15) is 36.1 Å². The molecule has 1 unspecified atom stereocenters. The van der Waals surface area contributed by atoms with Gasteiger partial charge in [-0.05, 0) is 36.6 Å². The van der Waals surface area contributed by atoms with E-state index in [9.17, 15) is 0 Å². The highest BCUT2D eigenvalue weighted by atomic mass is 16.5. The normalized spacial score (nSPS) is 18.2. The summed E-state index contributed by atoms with van der Waals surface area (Å²) in [6.45, 7) is 4.76. The molecule has 1 aliphatic rings. The van der Waals surface area contributed by atoms with Gasteiger partial charge in [-0.15, -0.1) is 0 Å². The third kappa shape index (κ3) is 3.26. The fraction of sp³-hybridized carbons (Fsp3) is 0.600. The molecule has 0 saturated heterocycles. The minimum atomic E-state index is 0.162. The van der Waals surface area contributed by atoms with Crippen LogP contribution in [0.5, 0.6) is 5.75 Å². The number of benzene rings is 1. The van der Waals surface area contributed by atoms with Gasteiger partial charge in [0, 0.05) is 24.7 Å². The second kappa shape index (κ2) is 6.89. The van der Waals surface area contributed by atoms with E-state index in [2.05, 4.69) is 29.7 Å². The molecule has 0 spiro atoms. The van der Waals surface area contributed by atoms with E-state index in [4.69, 9.17) is 9.84 Å². The fourth-order valence-electron chi connectivity index (χ4n) is 2.72. The molecule has 0 fully saturated rings. The summed E-state index contributed by atoms with van der Waals surface area (Å²) in [4.78, 5) is 0. The van der Waals surface area contributed by atoms with E-state index >= 15 is 0 Å². The van der Waals surface area contributed by atoms with Crippen LogP contribution in [0.25, 0.3) is 0 Å². The molecule has 0 saturated carbocycles. The minimum absolute atomic E-state index is 0.162. The number of aliphatic hydroxyl groups excluding tert-OH is 1. The highest BCUT2D eigenvalue weighted by molar-refractivity contribution is 5.45. The number of hydrogen-bond donors (Lipinski definition) is 3. The molecular formula is C15H24N2O2. The molecule has 0 bridgehead atoms. The highest BCUT2D eigenvalue weighted by Gasteiger charge is 2.20. The van der Waals surface area contributed by atoms with Crippen molar-refractivity contribution < 1.29 is 9.84 Å². The molecule has 1 heterocycles. The first-order chi connectivity index (χ1) is 9.30. The fourth-order valence-corrected chi connectivity index (χ4v) is 2.72. The summed E-state index contributed by atoms with van der Waals surface area (Å²) in [7, 11) is 1.72. The third-order valence-electron chi connectivity index (χ3n) is 3.72. The van der Waals surface area contributed by atoms with Gasteiger partial charge in [-0.1, -0.05) is 13.0 Å². The molecule has 3 N–H and O–H groups in total. The average Bonchev–Trinajstić information content (AvgIpc) is 2.46. The summed E-state index contributed by atoms with van der Waals surface area (Å²) < 4.78 is 5.50. The van der Waals surface area contributed by atoms with E-state index in [0.717, 1.165) is 31.7 Å². The van der Waals surface area contributed by atoms with Crippen LogP contribution >= 0.6 is 0 Å². The number of ether oxygens (including phenoxy) is 1. The van der Waals surface area contributed by atoms with Crippen molar-refractivity contribution >= 4 is 0 Å². The zero-order valence-electron chi connectivity index (χ0n) is 11.8. The summed E-state index contributed by atoms with van der Waals surface area (Å²) in [5.74, 6) is 0.936. The second-order valence-electron chi connectivity index (χ2n) is 4.93. The van der Waals surface area contributed by atoms with Crippen LogP contribution in [0.15, 0.2) is 12.1 Å². The molecule has 0 radical (unpaired) electrons. The van der Waals surface area contributed by atoms with Crippen molar-refractivity contribution in [1.82, 2.24) is 10.6 Å². The Kier molecular flexibility index (Phi) is 5.19. The molecule has 4 nitrogen and oxygen atoms in total. The Labute approximate surface area is 115 Å². The molecule has 2 rings (SSSR count). The lowest BCUT2D eigenvalue weighted by Crippen LogP contribution is -2.29. The molecule has 1 aromatic carbocycles. The standard InChI is InChI=1S/C15H24N2O2/c1-3-14-13-9-15(19-2)12(10-16-6-7-18)8-11(13)4-5-17-14/h8-9,14,16-18H,3-7,10H2,1-2H3. The van der Waals surface area contributed by atoms with E-state index in [0.29, 0.717) is 12.6 Å². The molecule has 0 amide bonds. The molecule has 0 aliphatic carbocycles. The molecule has 4 heteroatoms. The van der Waals surface area contributed by atoms with E-state index < -0.39 is 0 Å². The summed E-state index contributed by atoms with van der Waals surface area (Å²) in [6, 6.07) is 4.87. The average molecular weight is 264 g/mol. The van der Waals surface area contributed by atoms with Crippen LogP contribution in [0.3, 0.4) is 0 Å². The minimum Gasteiger partial charge on any atom is -0.496 e. The lowest BCUT2D eigenvalue weighted by molar-refractivity contribution is 0.291. The molecular weight excluding hydrogens is 240 g/mol. The predicted molar refractivity (Wildman–Crippen MR) is 76.5 cm³/mol. The van der Waals surface area contributed by atoms with Gasteiger partial charge < -0.3 is 20.5 Å². The van der Waals surface area contributed by atoms with Crippen LogP contribution in [0.4, 0.5) is 0 Å². The zero-order valence-corrected chi connectivity index (χ0v) is 11.8. The topological polar surface area (TPSA) is 53.5 Å². The lowest BCUT2D eigenvalue weighted by Gasteiger charge is -2.27. The Hall–Kier alpha value is -1.10. The van der Waals surface area contributed by atoms with Crippen LogP contribution in [0.2, 0.25) is 0 Å². The van der Waals surface area contributed by atoms with E-state index in [1.54, 1.807) is 7.11 Å². The number of rotatable bonds is 6. The van der Waals surface area contributed by atoms with Crippen molar-refractivity contribution in [2.75, 3.05) is 26.8 Å². The van der Waals surface area contributed by atoms with E-state index in [-0.39, 0.29) is 6.61 Å². The van der Waals surface area contributed by atoms with Gasteiger partial charge in [0.15, 0.2) is 0 Å².